The molecule has 1 aromatic carbocycles. The molecule has 1 amide bonds. The summed E-state index contributed by atoms with van der Waals surface area (Å²) in [6.07, 6.45) is 0.671. The van der Waals surface area contributed by atoms with Crippen LogP contribution in [-0.4, -0.2) is 24.0 Å². The summed E-state index contributed by atoms with van der Waals surface area (Å²) in [6.45, 7) is 3.91. The molecule has 4 rings (SSSR count). The van der Waals surface area contributed by atoms with Gasteiger partial charge in [0.15, 0.2) is 0 Å². The van der Waals surface area contributed by atoms with Crippen LogP contribution in [0.4, 0.5) is 5.00 Å². The molecule has 3 heterocycles. The lowest BCUT2D eigenvalue weighted by Crippen LogP contribution is -2.15. The zero-order valence-electron chi connectivity index (χ0n) is 17.1. The molecule has 0 saturated heterocycles. The molecule has 3 aromatic heterocycles. The molecular weight excluding hydrogens is 452 g/mol. The van der Waals surface area contributed by atoms with Crippen molar-refractivity contribution in [3.05, 3.63) is 68.4 Å². The summed E-state index contributed by atoms with van der Waals surface area (Å²) < 4.78 is 5.62. The van der Waals surface area contributed by atoms with E-state index in [1.165, 1.54) is 29.8 Å². The van der Waals surface area contributed by atoms with Gasteiger partial charge in [0, 0.05) is 10.3 Å². The molecular formula is C23H19ClN2O3S2. The number of esters is 1. The largest absolute Gasteiger partial charge is 0.465 e. The molecule has 0 aliphatic rings. The van der Waals surface area contributed by atoms with Gasteiger partial charge in [-0.05, 0) is 43.2 Å². The summed E-state index contributed by atoms with van der Waals surface area (Å²) >= 11 is 8.88. The van der Waals surface area contributed by atoms with Crippen LogP contribution in [0.5, 0.6) is 0 Å². The van der Waals surface area contributed by atoms with Gasteiger partial charge in [-0.25, -0.2) is 9.78 Å². The third-order valence-electron chi connectivity index (χ3n) is 4.97. The first kappa shape index (κ1) is 21.5. The van der Waals surface area contributed by atoms with Crippen LogP contribution in [0.2, 0.25) is 4.34 Å². The fourth-order valence-corrected chi connectivity index (χ4v) is 5.65. The monoisotopic (exact) mass is 470 g/mol. The molecule has 0 bridgehead atoms. The van der Waals surface area contributed by atoms with E-state index in [0.717, 1.165) is 20.7 Å². The summed E-state index contributed by atoms with van der Waals surface area (Å²) in [5.74, 6) is -0.762. The number of ether oxygens (including phenoxy) is 1. The maximum Gasteiger partial charge on any atom is 0.341 e. The minimum atomic E-state index is -0.454. The second-order valence-corrected chi connectivity index (χ2v) is 9.76. The third kappa shape index (κ3) is 4.08. The molecule has 0 aliphatic heterocycles. The number of nitrogens with one attached hydrogen (secondary N) is 1. The predicted octanol–water partition coefficient (Wildman–Crippen LogP) is 6.59. The third-order valence-corrected chi connectivity index (χ3v) is 7.28. The molecule has 0 aliphatic carbocycles. The number of carbonyl (C=O) groups excluding carboxylic acids is 2. The Morgan fingerprint density at radius 2 is 1.94 bits per heavy atom. The van der Waals surface area contributed by atoms with E-state index in [1.54, 1.807) is 6.07 Å². The number of amides is 1. The lowest BCUT2D eigenvalue weighted by molar-refractivity contribution is 0.0601. The van der Waals surface area contributed by atoms with E-state index in [0.29, 0.717) is 38.1 Å². The number of thiophene rings is 2. The number of anilines is 1. The summed E-state index contributed by atoms with van der Waals surface area (Å²) in [5.41, 5.74) is 3.17. The fraction of sp³-hybridized carbons (Fsp3) is 0.174. The Bertz CT molecular complexity index is 1310. The molecule has 0 unspecified atom stereocenters. The molecule has 0 spiro atoms. The van der Waals surface area contributed by atoms with Crippen LogP contribution in [0.25, 0.3) is 21.5 Å². The van der Waals surface area contributed by atoms with Crippen molar-refractivity contribution in [1.82, 2.24) is 4.98 Å². The average Bonchev–Trinajstić information content (AvgIpc) is 3.34. The first-order chi connectivity index (χ1) is 14.9. The zero-order valence-corrected chi connectivity index (χ0v) is 19.5. The molecule has 0 radical (unpaired) electrons. The van der Waals surface area contributed by atoms with Gasteiger partial charge < -0.3 is 10.1 Å². The molecule has 158 valence electrons. The molecule has 31 heavy (non-hydrogen) atoms. The predicted molar refractivity (Wildman–Crippen MR) is 128 cm³/mol. The first-order valence-electron chi connectivity index (χ1n) is 9.60. The van der Waals surface area contributed by atoms with Gasteiger partial charge in [-0.2, -0.15) is 0 Å². The number of hydrogen-bond donors (Lipinski definition) is 1. The Morgan fingerprint density at radius 1 is 1.16 bits per heavy atom. The van der Waals surface area contributed by atoms with Crippen molar-refractivity contribution in [2.45, 2.75) is 20.3 Å². The highest BCUT2D eigenvalue weighted by Crippen LogP contribution is 2.36. The van der Waals surface area contributed by atoms with E-state index >= 15 is 0 Å². The second-order valence-electron chi connectivity index (χ2n) is 6.82. The van der Waals surface area contributed by atoms with Crippen LogP contribution in [0.1, 0.15) is 38.1 Å². The Balaban J connectivity index is 1.81. The normalized spacial score (nSPS) is 11.0. The van der Waals surface area contributed by atoms with Crippen LogP contribution >= 0.6 is 34.3 Å². The topological polar surface area (TPSA) is 68.3 Å². The number of rotatable bonds is 5. The van der Waals surface area contributed by atoms with Crippen molar-refractivity contribution in [3.8, 4) is 10.6 Å². The van der Waals surface area contributed by atoms with Crippen LogP contribution in [0, 0.1) is 6.92 Å². The second kappa shape index (κ2) is 8.78. The van der Waals surface area contributed by atoms with Gasteiger partial charge in [0.25, 0.3) is 5.91 Å². The standard InChI is InChI=1S/C23H19ClN2O3S2/c1-4-13-12(2)30-22(20(13)23(28)29-3)26-21(27)15-11-17(18-9-10-19(24)31-18)25-16-8-6-5-7-14(15)16/h5-11H,4H2,1-3H3,(H,26,27). The molecule has 8 heteroatoms. The van der Waals surface area contributed by atoms with E-state index in [2.05, 4.69) is 5.32 Å². The first-order valence-corrected chi connectivity index (χ1v) is 11.6. The number of benzene rings is 1. The van der Waals surface area contributed by atoms with Crippen molar-refractivity contribution in [2.24, 2.45) is 0 Å². The number of fused-ring (bicyclic) bond motifs is 1. The number of carbonyl (C=O) groups is 2. The van der Waals surface area contributed by atoms with Crippen LogP contribution in [0.15, 0.2) is 42.5 Å². The SMILES string of the molecule is CCc1c(C)sc(NC(=O)c2cc(-c3ccc(Cl)s3)nc3ccccc23)c1C(=O)OC. The van der Waals surface area contributed by atoms with Crippen molar-refractivity contribution in [3.63, 3.8) is 0 Å². The molecule has 5 nitrogen and oxygen atoms in total. The van der Waals surface area contributed by atoms with Crippen molar-refractivity contribution >= 4 is 62.1 Å². The lowest BCUT2D eigenvalue weighted by Gasteiger charge is -2.10. The van der Waals surface area contributed by atoms with Crippen molar-refractivity contribution in [1.29, 1.82) is 0 Å². The number of halogens is 1. The number of methoxy groups -OCH3 is 1. The Hall–Kier alpha value is -2.74. The number of nitrogens with zero attached hydrogens (tertiary/aromatic N) is 1. The highest BCUT2D eigenvalue weighted by atomic mass is 35.5. The Kier molecular flexibility index (Phi) is 6.09. The van der Waals surface area contributed by atoms with Crippen LogP contribution in [-0.2, 0) is 11.2 Å². The number of aryl methyl sites for hydroxylation is 1. The van der Waals surface area contributed by atoms with E-state index < -0.39 is 5.97 Å². The van der Waals surface area contributed by atoms with Crippen molar-refractivity contribution in [2.75, 3.05) is 12.4 Å². The maximum absolute atomic E-state index is 13.4. The quantitative estimate of drug-likeness (QED) is 0.334. The Labute approximate surface area is 192 Å². The maximum atomic E-state index is 13.4. The molecule has 0 fully saturated rings. The average molecular weight is 471 g/mol. The zero-order chi connectivity index (χ0) is 22.1. The minimum absolute atomic E-state index is 0.309. The summed E-state index contributed by atoms with van der Waals surface area (Å²) in [7, 11) is 1.34. The van der Waals surface area contributed by atoms with Crippen LogP contribution in [0.3, 0.4) is 0 Å². The number of pyridine rings is 1. The number of hydrogen-bond acceptors (Lipinski definition) is 6. The highest BCUT2D eigenvalue weighted by Gasteiger charge is 2.24. The van der Waals surface area contributed by atoms with E-state index in [-0.39, 0.29) is 5.91 Å². The fourth-order valence-electron chi connectivity index (χ4n) is 3.52. The van der Waals surface area contributed by atoms with Crippen LogP contribution < -0.4 is 5.32 Å². The van der Waals surface area contributed by atoms with Gasteiger partial charge in [0.2, 0.25) is 0 Å². The summed E-state index contributed by atoms with van der Waals surface area (Å²) in [6, 6.07) is 12.9. The smallest absolute Gasteiger partial charge is 0.341 e. The van der Waals surface area contributed by atoms with Gasteiger partial charge in [0.1, 0.15) is 5.00 Å². The van der Waals surface area contributed by atoms with Gasteiger partial charge in [0.05, 0.1) is 38.7 Å². The van der Waals surface area contributed by atoms with E-state index in [1.807, 2.05) is 50.2 Å². The molecule has 1 N–H and O–H groups in total. The molecule has 0 saturated carbocycles. The van der Waals surface area contributed by atoms with Gasteiger partial charge in [-0.15, -0.1) is 22.7 Å². The minimum Gasteiger partial charge on any atom is -0.465 e. The van der Waals surface area contributed by atoms with Crippen molar-refractivity contribution < 1.29 is 14.3 Å². The Morgan fingerprint density at radius 3 is 2.61 bits per heavy atom. The number of para-hydroxylation sites is 1. The molecule has 0 atom stereocenters. The van der Waals surface area contributed by atoms with Gasteiger partial charge >= 0.3 is 5.97 Å². The van der Waals surface area contributed by atoms with E-state index in [4.69, 9.17) is 21.3 Å². The lowest BCUT2D eigenvalue weighted by atomic mass is 10.1. The van der Waals surface area contributed by atoms with Gasteiger partial charge in [-0.1, -0.05) is 36.7 Å². The highest BCUT2D eigenvalue weighted by molar-refractivity contribution is 7.19. The molecule has 4 aromatic rings. The summed E-state index contributed by atoms with van der Waals surface area (Å²) in [4.78, 5) is 32.3. The number of aromatic nitrogens is 1. The summed E-state index contributed by atoms with van der Waals surface area (Å²) in [5, 5.41) is 4.17. The van der Waals surface area contributed by atoms with Gasteiger partial charge in [-0.3, -0.25) is 4.79 Å². The van der Waals surface area contributed by atoms with E-state index in [9.17, 15) is 9.59 Å².